The maximum Gasteiger partial charge on any atom is 0.337 e. The second-order valence-corrected chi connectivity index (χ2v) is 11.8. The van der Waals surface area contributed by atoms with Gasteiger partial charge in [0.2, 0.25) is 5.88 Å². The molecule has 2 aromatic heterocycles. The van der Waals surface area contributed by atoms with Crippen LogP contribution in [0.5, 0.6) is 5.88 Å². The quantitative estimate of drug-likeness (QED) is 0.376. The van der Waals surface area contributed by atoms with Gasteiger partial charge in [-0.2, -0.15) is 0 Å². The molecule has 38 heavy (non-hydrogen) atoms. The number of aromatic nitrogens is 1. The highest BCUT2D eigenvalue weighted by Gasteiger charge is 2.36. The van der Waals surface area contributed by atoms with Crippen LogP contribution in [0.4, 0.5) is 5.00 Å². The van der Waals surface area contributed by atoms with Gasteiger partial charge in [0.25, 0.3) is 0 Å². The van der Waals surface area contributed by atoms with Crippen LogP contribution in [0.2, 0.25) is 0 Å². The third-order valence-electron chi connectivity index (χ3n) is 8.30. The lowest BCUT2D eigenvalue weighted by atomic mass is 9.87. The van der Waals surface area contributed by atoms with Crippen LogP contribution < -0.4 is 15.0 Å². The molecule has 2 aromatic rings. The molecule has 0 spiro atoms. The predicted octanol–water partition coefficient (Wildman–Crippen LogP) is 4.58. The zero-order valence-electron chi connectivity index (χ0n) is 23.8. The Bertz CT molecular complexity index is 1110. The predicted molar refractivity (Wildman–Crippen MR) is 153 cm³/mol. The van der Waals surface area contributed by atoms with Crippen molar-refractivity contribution in [3.8, 4) is 5.88 Å². The van der Waals surface area contributed by atoms with Crippen LogP contribution in [0.15, 0.2) is 6.07 Å². The van der Waals surface area contributed by atoms with Crippen molar-refractivity contribution in [3.05, 3.63) is 38.9 Å². The largest absolute Gasteiger partial charge is 0.481 e. The van der Waals surface area contributed by atoms with Crippen LogP contribution in [-0.4, -0.2) is 79.5 Å². The molecule has 0 amide bonds. The number of rotatable bonds is 12. The standard InChI is InChI=1S/C29H44N4O4S/c1-7-33(22-10-8-21(9-11-22)32-16-23(17-32)36-5)28-20(4)26(29(34)35)25(38-28)12-13-30-15-24-18(2)14-19(3)31-27(24)37-6/h14,21-23,30H,7-13,15-17H2,1-6H3,(H,34,35)/t21-,22-. The van der Waals surface area contributed by atoms with Gasteiger partial charge >= 0.3 is 5.97 Å². The van der Waals surface area contributed by atoms with Crippen LogP contribution >= 0.6 is 11.3 Å². The van der Waals surface area contributed by atoms with Gasteiger partial charge in [0.15, 0.2) is 0 Å². The average molecular weight is 545 g/mol. The van der Waals surface area contributed by atoms with E-state index in [4.69, 9.17) is 9.47 Å². The maximum atomic E-state index is 12.3. The fourth-order valence-electron chi connectivity index (χ4n) is 6.14. The molecule has 4 rings (SSSR count). The topological polar surface area (TPSA) is 87.2 Å². The van der Waals surface area contributed by atoms with E-state index >= 15 is 0 Å². The number of nitrogens with one attached hydrogen (secondary N) is 1. The summed E-state index contributed by atoms with van der Waals surface area (Å²) in [4.78, 5) is 22.8. The number of carboxylic acids is 1. The van der Waals surface area contributed by atoms with Gasteiger partial charge in [-0.15, -0.1) is 11.3 Å². The number of anilines is 1. The van der Waals surface area contributed by atoms with Crippen LogP contribution in [-0.2, 0) is 17.7 Å². The maximum absolute atomic E-state index is 12.3. The number of thiophene rings is 1. The molecule has 1 saturated carbocycles. The Labute approximate surface area is 231 Å². The number of hydrogen-bond acceptors (Lipinski definition) is 8. The Balaban J connectivity index is 1.40. The number of aryl methyl sites for hydroxylation is 2. The molecule has 0 radical (unpaired) electrons. The fourth-order valence-corrected chi connectivity index (χ4v) is 7.57. The van der Waals surface area contributed by atoms with Crippen LogP contribution in [0.1, 0.15) is 70.2 Å². The number of methoxy groups -OCH3 is 2. The summed E-state index contributed by atoms with van der Waals surface area (Å²) < 4.78 is 10.9. The summed E-state index contributed by atoms with van der Waals surface area (Å²) in [5.41, 5.74) is 4.51. The van der Waals surface area contributed by atoms with E-state index in [1.165, 1.54) is 12.8 Å². The van der Waals surface area contributed by atoms with Gasteiger partial charge in [0.1, 0.15) is 0 Å². The Hall–Kier alpha value is -2.20. The van der Waals surface area contributed by atoms with E-state index in [2.05, 4.69) is 40.0 Å². The van der Waals surface area contributed by atoms with Gasteiger partial charge in [-0.1, -0.05) is 0 Å². The summed E-state index contributed by atoms with van der Waals surface area (Å²) in [7, 11) is 3.45. The molecule has 2 aliphatic rings. The molecule has 8 nitrogen and oxygen atoms in total. The number of carbonyl (C=O) groups is 1. The van der Waals surface area contributed by atoms with Crippen LogP contribution in [0.3, 0.4) is 0 Å². The lowest BCUT2D eigenvalue weighted by Gasteiger charge is -2.47. The molecular weight excluding hydrogens is 500 g/mol. The highest BCUT2D eigenvalue weighted by Crippen LogP contribution is 2.40. The molecule has 1 saturated heterocycles. The minimum absolute atomic E-state index is 0.399. The first-order chi connectivity index (χ1) is 18.3. The fraction of sp³-hybridized carbons (Fsp3) is 0.655. The van der Waals surface area contributed by atoms with Gasteiger partial charge in [-0.3, -0.25) is 4.90 Å². The lowest BCUT2D eigenvalue weighted by molar-refractivity contribution is -0.0578. The van der Waals surface area contributed by atoms with Crippen molar-refractivity contribution in [1.29, 1.82) is 0 Å². The summed E-state index contributed by atoms with van der Waals surface area (Å²) in [6.07, 6.45) is 5.76. The Morgan fingerprint density at radius 3 is 2.53 bits per heavy atom. The number of hydrogen-bond donors (Lipinski definition) is 2. The SMILES string of the molecule is CCN(c1sc(CCNCc2c(C)cc(C)nc2OC)c(C(=O)O)c1C)[C@H]1CC[C@H](N2CC(OC)C2)CC1. The van der Waals surface area contributed by atoms with Gasteiger partial charge in [0.05, 0.1) is 23.8 Å². The van der Waals surface area contributed by atoms with E-state index in [9.17, 15) is 9.90 Å². The minimum Gasteiger partial charge on any atom is -0.481 e. The molecule has 3 heterocycles. The van der Waals surface area contributed by atoms with E-state index in [1.807, 2.05) is 13.8 Å². The summed E-state index contributed by atoms with van der Waals surface area (Å²) >= 11 is 1.67. The zero-order valence-corrected chi connectivity index (χ0v) is 24.6. The molecule has 1 aliphatic heterocycles. The zero-order chi connectivity index (χ0) is 27.4. The van der Waals surface area contributed by atoms with E-state index in [0.29, 0.717) is 49.1 Å². The number of ether oxygens (including phenoxy) is 2. The molecule has 2 N–H and O–H groups in total. The number of carboxylic acid groups (broad SMARTS) is 1. The van der Waals surface area contributed by atoms with Crippen molar-refractivity contribution in [2.24, 2.45) is 0 Å². The first-order valence-electron chi connectivity index (χ1n) is 13.9. The van der Waals surface area contributed by atoms with Crippen molar-refractivity contribution in [2.75, 3.05) is 45.3 Å². The van der Waals surface area contributed by atoms with E-state index in [-0.39, 0.29) is 0 Å². The van der Waals surface area contributed by atoms with Gasteiger partial charge in [-0.05, 0) is 77.0 Å². The smallest absolute Gasteiger partial charge is 0.337 e. The number of likely N-dealkylation sites (tertiary alicyclic amines) is 1. The Kier molecular flexibility index (Phi) is 9.68. The summed E-state index contributed by atoms with van der Waals surface area (Å²) in [6, 6.07) is 3.18. The van der Waals surface area contributed by atoms with E-state index in [1.54, 1.807) is 25.6 Å². The molecule has 1 aliphatic carbocycles. The monoisotopic (exact) mass is 544 g/mol. The normalized spacial score (nSPS) is 20.4. The molecular formula is C29H44N4O4S. The number of aromatic carboxylic acids is 1. The minimum atomic E-state index is -0.828. The third-order valence-corrected chi connectivity index (χ3v) is 9.69. The van der Waals surface area contributed by atoms with Gasteiger partial charge in [-0.25, -0.2) is 9.78 Å². The number of nitrogens with zero attached hydrogens (tertiary/aromatic N) is 3. The molecule has 0 bridgehead atoms. The van der Waals surface area contributed by atoms with E-state index < -0.39 is 5.97 Å². The van der Waals surface area contributed by atoms with Crippen molar-refractivity contribution in [3.63, 3.8) is 0 Å². The molecule has 9 heteroatoms. The Morgan fingerprint density at radius 1 is 1.21 bits per heavy atom. The molecule has 0 aromatic carbocycles. The Morgan fingerprint density at radius 2 is 1.92 bits per heavy atom. The highest BCUT2D eigenvalue weighted by atomic mass is 32.1. The molecule has 210 valence electrons. The number of pyridine rings is 1. The van der Waals surface area contributed by atoms with Crippen LogP contribution in [0, 0.1) is 20.8 Å². The van der Waals surface area contributed by atoms with E-state index in [0.717, 1.165) is 64.7 Å². The first-order valence-corrected chi connectivity index (χ1v) is 14.7. The second-order valence-electron chi connectivity index (χ2n) is 10.7. The summed E-state index contributed by atoms with van der Waals surface area (Å²) in [5.74, 6) is -0.179. The lowest BCUT2D eigenvalue weighted by Crippen LogP contribution is -2.57. The summed E-state index contributed by atoms with van der Waals surface area (Å²) in [5, 5.41) is 14.7. The highest BCUT2D eigenvalue weighted by molar-refractivity contribution is 7.16. The summed E-state index contributed by atoms with van der Waals surface area (Å²) in [6.45, 7) is 12.5. The average Bonchev–Trinajstić information content (AvgIpc) is 3.19. The van der Waals surface area contributed by atoms with Gasteiger partial charge < -0.3 is 24.8 Å². The van der Waals surface area contributed by atoms with Crippen molar-refractivity contribution >= 4 is 22.3 Å². The van der Waals surface area contributed by atoms with Crippen molar-refractivity contribution in [1.82, 2.24) is 15.2 Å². The first kappa shape index (κ1) is 28.8. The van der Waals surface area contributed by atoms with Crippen molar-refractivity contribution < 1.29 is 19.4 Å². The van der Waals surface area contributed by atoms with Crippen LogP contribution in [0.25, 0.3) is 0 Å². The second kappa shape index (κ2) is 12.8. The third kappa shape index (κ3) is 6.17. The molecule has 2 fully saturated rings. The van der Waals surface area contributed by atoms with Gasteiger partial charge in [0, 0.05) is 68.1 Å². The van der Waals surface area contributed by atoms with Crippen molar-refractivity contribution in [2.45, 2.75) is 84.5 Å². The molecule has 0 unspecified atom stereocenters. The molecule has 0 atom stereocenters.